The summed E-state index contributed by atoms with van der Waals surface area (Å²) in [6.07, 6.45) is -3.27. The van der Waals surface area contributed by atoms with E-state index in [0.29, 0.717) is 12.8 Å². The van der Waals surface area contributed by atoms with Crippen LogP contribution < -0.4 is 5.32 Å². The first kappa shape index (κ1) is 14.7. The highest BCUT2D eigenvalue weighted by Gasteiger charge is 2.45. The summed E-state index contributed by atoms with van der Waals surface area (Å²) in [6.45, 7) is 0. The van der Waals surface area contributed by atoms with Gasteiger partial charge in [0.25, 0.3) is 0 Å². The molecule has 1 aliphatic carbocycles. The van der Waals surface area contributed by atoms with Crippen molar-refractivity contribution in [2.75, 3.05) is 7.11 Å². The largest absolute Gasteiger partial charge is 0.480 e. The number of ether oxygens (including phenoxy) is 1. The van der Waals surface area contributed by atoms with Crippen LogP contribution in [0, 0.1) is 0 Å². The van der Waals surface area contributed by atoms with Crippen LogP contribution >= 0.6 is 0 Å². The average molecular weight is 269 g/mol. The Labute approximate surface area is 101 Å². The van der Waals surface area contributed by atoms with Crippen molar-refractivity contribution in [2.45, 2.75) is 43.5 Å². The molecule has 0 radical (unpaired) electrons. The summed E-state index contributed by atoms with van der Waals surface area (Å²) in [4.78, 5) is 21.6. The molecular weight excluding hydrogens is 255 g/mol. The lowest BCUT2D eigenvalue weighted by Gasteiger charge is -2.42. The van der Waals surface area contributed by atoms with Gasteiger partial charge >= 0.3 is 18.1 Å². The molecule has 5 nitrogen and oxygen atoms in total. The predicted molar refractivity (Wildman–Crippen MR) is 53.8 cm³/mol. The molecule has 0 aliphatic heterocycles. The second-order valence-electron chi connectivity index (χ2n) is 4.31. The second kappa shape index (κ2) is 5.13. The zero-order valence-electron chi connectivity index (χ0n) is 9.71. The van der Waals surface area contributed by atoms with E-state index in [-0.39, 0.29) is 6.42 Å². The van der Waals surface area contributed by atoms with Crippen molar-refractivity contribution in [1.82, 2.24) is 5.32 Å². The molecule has 2 N–H and O–H groups in total. The molecule has 18 heavy (non-hydrogen) atoms. The standard InChI is InChI=1S/C10H14F3NO4/c1-18-9(3-2-4-9)5-6(7(15)16)14-8(17)10(11,12)13/h6H,2-5H2,1H3,(H,14,17)(H,15,16). The van der Waals surface area contributed by atoms with Gasteiger partial charge in [-0.25, -0.2) is 4.79 Å². The number of halogens is 3. The molecule has 0 saturated heterocycles. The van der Waals surface area contributed by atoms with Crippen molar-refractivity contribution in [3.8, 4) is 0 Å². The van der Waals surface area contributed by atoms with Crippen molar-refractivity contribution in [3.05, 3.63) is 0 Å². The molecule has 1 rings (SSSR count). The number of amides is 1. The van der Waals surface area contributed by atoms with Crippen LogP contribution in [0.4, 0.5) is 13.2 Å². The van der Waals surface area contributed by atoms with E-state index >= 15 is 0 Å². The van der Waals surface area contributed by atoms with Crippen molar-refractivity contribution in [1.29, 1.82) is 0 Å². The van der Waals surface area contributed by atoms with Gasteiger partial charge in [-0.05, 0) is 19.3 Å². The maximum absolute atomic E-state index is 12.0. The number of methoxy groups -OCH3 is 1. The number of alkyl halides is 3. The Morgan fingerprint density at radius 2 is 2.00 bits per heavy atom. The first-order chi connectivity index (χ1) is 8.20. The summed E-state index contributed by atoms with van der Waals surface area (Å²) >= 11 is 0. The normalized spacial score (nSPS) is 19.8. The van der Waals surface area contributed by atoms with Gasteiger partial charge in [0.2, 0.25) is 0 Å². The zero-order valence-corrected chi connectivity index (χ0v) is 9.71. The third kappa shape index (κ3) is 3.34. The van der Waals surface area contributed by atoms with Crippen molar-refractivity contribution in [3.63, 3.8) is 0 Å². The minimum absolute atomic E-state index is 0.166. The van der Waals surface area contributed by atoms with Gasteiger partial charge in [0.1, 0.15) is 6.04 Å². The monoisotopic (exact) mass is 269 g/mol. The zero-order chi connectivity index (χ0) is 14.0. The molecule has 0 bridgehead atoms. The molecule has 1 saturated carbocycles. The van der Waals surface area contributed by atoms with Crippen LogP contribution in [0.15, 0.2) is 0 Å². The number of aliphatic carboxylic acids is 1. The predicted octanol–water partition coefficient (Wildman–Crippen LogP) is 1.08. The van der Waals surface area contributed by atoms with Crippen LogP contribution in [-0.2, 0) is 14.3 Å². The summed E-state index contributed by atoms with van der Waals surface area (Å²) in [7, 11) is 1.38. The number of carboxylic acid groups (broad SMARTS) is 1. The molecule has 1 aliphatic rings. The van der Waals surface area contributed by atoms with E-state index in [9.17, 15) is 22.8 Å². The molecule has 0 aromatic heterocycles. The minimum atomic E-state index is -5.09. The van der Waals surface area contributed by atoms with E-state index < -0.39 is 29.7 Å². The number of hydrogen-bond acceptors (Lipinski definition) is 3. The molecule has 0 spiro atoms. The summed E-state index contributed by atoms with van der Waals surface area (Å²) in [5.74, 6) is -3.75. The van der Waals surface area contributed by atoms with Crippen LogP contribution in [0.2, 0.25) is 0 Å². The Hall–Kier alpha value is -1.31. The van der Waals surface area contributed by atoms with Gasteiger partial charge in [-0.2, -0.15) is 13.2 Å². The highest BCUT2D eigenvalue weighted by molar-refractivity contribution is 5.86. The summed E-state index contributed by atoms with van der Waals surface area (Å²) < 4.78 is 41.3. The Morgan fingerprint density at radius 1 is 1.44 bits per heavy atom. The molecular formula is C10H14F3NO4. The van der Waals surface area contributed by atoms with Gasteiger partial charge in [-0.15, -0.1) is 0 Å². The highest BCUT2D eigenvalue weighted by atomic mass is 19.4. The van der Waals surface area contributed by atoms with Gasteiger partial charge in [0.05, 0.1) is 5.60 Å². The lowest BCUT2D eigenvalue weighted by Crippen LogP contribution is -2.52. The van der Waals surface area contributed by atoms with Crippen molar-refractivity contribution < 1.29 is 32.6 Å². The van der Waals surface area contributed by atoms with Gasteiger partial charge in [-0.3, -0.25) is 4.79 Å². The number of rotatable bonds is 5. The van der Waals surface area contributed by atoms with Crippen LogP contribution in [-0.4, -0.2) is 41.9 Å². The van der Waals surface area contributed by atoms with E-state index in [4.69, 9.17) is 9.84 Å². The Balaban J connectivity index is 2.66. The molecule has 0 aromatic rings. The quantitative estimate of drug-likeness (QED) is 0.783. The second-order valence-corrected chi connectivity index (χ2v) is 4.31. The fourth-order valence-electron chi connectivity index (χ4n) is 1.87. The summed E-state index contributed by atoms with van der Waals surface area (Å²) in [6, 6.07) is -1.60. The Morgan fingerprint density at radius 3 is 2.28 bits per heavy atom. The number of carbonyl (C=O) groups is 2. The fourth-order valence-corrected chi connectivity index (χ4v) is 1.87. The van der Waals surface area contributed by atoms with Crippen LogP contribution in [0.25, 0.3) is 0 Å². The van der Waals surface area contributed by atoms with Crippen molar-refractivity contribution in [2.24, 2.45) is 0 Å². The van der Waals surface area contributed by atoms with E-state index in [2.05, 4.69) is 0 Å². The van der Waals surface area contributed by atoms with Crippen LogP contribution in [0.3, 0.4) is 0 Å². The topological polar surface area (TPSA) is 75.6 Å². The first-order valence-corrected chi connectivity index (χ1v) is 5.36. The minimum Gasteiger partial charge on any atom is -0.480 e. The first-order valence-electron chi connectivity index (χ1n) is 5.36. The molecule has 8 heteroatoms. The number of carboxylic acids is 1. The molecule has 104 valence electrons. The number of hydrogen-bond donors (Lipinski definition) is 2. The van der Waals surface area contributed by atoms with Gasteiger partial charge < -0.3 is 15.2 Å². The fraction of sp³-hybridized carbons (Fsp3) is 0.800. The van der Waals surface area contributed by atoms with Gasteiger partial charge in [-0.1, -0.05) is 0 Å². The molecule has 0 heterocycles. The van der Waals surface area contributed by atoms with E-state index in [0.717, 1.165) is 6.42 Å². The van der Waals surface area contributed by atoms with Crippen LogP contribution in [0.1, 0.15) is 25.7 Å². The maximum atomic E-state index is 12.0. The SMILES string of the molecule is COC1(CC(NC(=O)C(F)(F)F)C(=O)O)CCC1. The maximum Gasteiger partial charge on any atom is 0.471 e. The van der Waals surface area contributed by atoms with Gasteiger partial charge in [0.15, 0.2) is 0 Å². The number of carbonyl (C=O) groups excluding carboxylic acids is 1. The van der Waals surface area contributed by atoms with Crippen LogP contribution in [0.5, 0.6) is 0 Å². The average Bonchev–Trinajstić information content (AvgIpc) is 2.19. The van der Waals surface area contributed by atoms with Gasteiger partial charge in [0, 0.05) is 13.5 Å². The molecule has 1 unspecified atom stereocenters. The lowest BCUT2D eigenvalue weighted by atomic mass is 9.75. The molecule has 1 fully saturated rings. The molecule has 1 atom stereocenters. The van der Waals surface area contributed by atoms with Crippen molar-refractivity contribution >= 4 is 11.9 Å². The third-order valence-electron chi connectivity index (χ3n) is 3.13. The summed E-state index contributed by atoms with van der Waals surface area (Å²) in [5.41, 5.74) is -0.734. The van der Waals surface area contributed by atoms with E-state index in [1.54, 1.807) is 0 Å². The summed E-state index contributed by atoms with van der Waals surface area (Å²) in [5, 5.41) is 10.3. The Kier molecular flexibility index (Phi) is 4.20. The molecule has 1 amide bonds. The Bertz CT molecular complexity index is 333. The van der Waals surface area contributed by atoms with E-state index in [1.165, 1.54) is 12.4 Å². The number of nitrogens with one attached hydrogen (secondary N) is 1. The lowest BCUT2D eigenvalue weighted by molar-refractivity contribution is -0.176. The smallest absolute Gasteiger partial charge is 0.471 e. The highest BCUT2D eigenvalue weighted by Crippen LogP contribution is 2.39. The molecule has 0 aromatic carbocycles. The van der Waals surface area contributed by atoms with E-state index in [1.807, 2.05) is 0 Å². The third-order valence-corrected chi connectivity index (χ3v) is 3.13.